The minimum absolute atomic E-state index is 0.0381. The number of carbonyl (C=O) groups is 3. The first-order chi connectivity index (χ1) is 14.5. The Morgan fingerprint density at radius 3 is 2.57 bits per heavy atom. The Kier molecular flexibility index (Phi) is 5.92. The topological polar surface area (TPSA) is 101 Å². The van der Waals surface area contributed by atoms with E-state index in [9.17, 15) is 19.2 Å². The van der Waals surface area contributed by atoms with Crippen LogP contribution in [0, 0.1) is 0 Å². The third kappa shape index (κ3) is 4.13. The van der Waals surface area contributed by atoms with E-state index in [-0.39, 0.29) is 36.1 Å². The van der Waals surface area contributed by atoms with Gasteiger partial charge in [-0.2, -0.15) is 0 Å². The van der Waals surface area contributed by atoms with E-state index in [1.807, 2.05) is 0 Å². The van der Waals surface area contributed by atoms with E-state index < -0.39 is 0 Å². The number of nitrogens with one attached hydrogen (secondary N) is 1. The van der Waals surface area contributed by atoms with E-state index in [1.54, 1.807) is 22.8 Å². The van der Waals surface area contributed by atoms with Crippen molar-refractivity contribution in [3.8, 4) is 0 Å². The van der Waals surface area contributed by atoms with Crippen molar-refractivity contribution in [1.29, 1.82) is 0 Å². The molecule has 1 fully saturated rings. The number of hydrogen-bond donors (Lipinski definition) is 1. The Hall–Kier alpha value is -3.03. The van der Waals surface area contributed by atoms with E-state index >= 15 is 0 Å². The smallest absolute Gasteiger partial charge is 0.261 e. The molecule has 3 heterocycles. The van der Waals surface area contributed by atoms with Gasteiger partial charge in [0.1, 0.15) is 5.82 Å². The maximum Gasteiger partial charge on any atom is 0.261 e. The number of carbonyl (C=O) groups excluding carboxylic acids is 3. The molecule has 1 N–H and O–H groups in total. The van der Waals surface area contributed by atoms with Crippen LogP contribution >= 0.6 is 0 Å². The average Bonchev–Trinajstić information content (AvgIpc) is 3.04. The number of hydrogen-bond acceptors (Lipinski definition) is 5. The normalized spacial score (nSPS) is 17.0. The lowest BCUT2D eigenvalue weighted by Crippen LogP contribution is -2.33. The molecule has 2 aliphatic heterocycles. The van der Waals surface area contributed by atoms with Crippen molar-refractivity contribution in [3.63, 3.8) is 0 Å². The summed E-state index contributed by atoms with van der Waals surface area (Å²) >= 11 is 0. The Labute approximate surface area is 174 Å². The van der Waals surface area contributed by atoms with Gasteiger partial charge in [-0.1, -0.05) is 12.8 Å². The van der Waals surface area contributed by atoms with Crippen molar-refractivity contribution in [2.45, 2.75) is 57.9 Å². The van der Waals surface area contributed by atoms with Crippen LogP contribution in [0.4, 0.5) is 0 Å². The maximum absolute atomic E-state index is 12.9. The van der Waals surface area contributed by atoms with Gasteiger partial charge >= 0.3 is 0 Å². The van der Waals surface area contributed by atoms with Gasteiger partial charge in [0.25, 0.3) is 11.5 Å². The molecule has 0 spiro atoms. The first-order valence-corrected chi connectivity index (χ1v) is 10.7. The van der Waals surface area contributed by atoms with Crippen LogP contribution in [0.5, 0.6) is 0 Å². The highest BCUT2D eigenvalue weighted by Crippen LogP contribution is 2.16. The maximum atomic E-state index is 12.9. The third-order valence-corrected chi connectivity index (χ3v) is 5.83. The van der Waals surface area contributed by atoms with Crippen LogP contribution in [-0.4, -0.2) is 45.3 Å². The Bertz CT molecular complexity index is 1040. The molecule has 158 valence electrons. The molecule has 0 bridgehead atoms. The van der Waals surface area contributed by atoms with E-state index in [0.29, 0.717) is 42.5 Å². The molecule has 0 unspecified atom stereocenters. The van der Waals surface area contributed by atoms with Gasteiger partial charge in [0.2, 0.25) is 11.8 Å². The fourth-order valence-electron chi connectivity index (χ4n) is 4.15. The minimum Gasteiger partial charge on any atom is -0.352 e. The zero-order chi connectivity index (χ0) is 21.1. The number of fused-ring (bicyclic) bond motifs is 2. The second-order valence-corrected chi connectivity index (χ2v) is 7.93. The number of aryl methyl sites for hydroxylation is 1. The molecule has 0 radical (unpaired) electrons. The molecule has 8 heteroatoms. The van der Waals surface area contributed by atoms with Crippen LogP contribution in [0.2, 0.25) is 0 Å². The third-order valence-electron chi connectivity index (χ3n) is 5.83. The highest BCUT2D eigenvalue weighted by atomic mass is 16.2. The van der Waals surface area contributed by atoms with Gasteiger partial charge < -0.3 is 5.32 Å². The lowest BCUT2D eigenvalue weighted by atomic mass is 10.1. The molecular weight excluding hydrogens is 384 g/mol. The number of nitrogens with zero attached hydrogens (tertiary/aromatic N) is 3. The quantitative estimate of drug-likeness (QED) is 0.598. The summed E-state index contributed by atoms with van der Waals surface area (Å²) in [6.07, 6.45) is 6.10. The van der Waals surface area contributed by atoms with Crippen molar-refractivity contribution in [2.24, 2.45) is 0 Å². The average molecular weight is 410 g/mol. The summed E-state index contributed by atoms with van der Waals surface area (Å²) in [6.45, 7) is 1.37. The van der Waals surface area contributed by atoms with Gasteiger partial charge in [-0.05, 0) is 37.5 Å². The molecule has 0 atom stereocenters. The number of imide groups is 1. The van der Waals surface area contributed by atoms with Crippen molar-refractivity contribution in [3.05, 3.63) is 39.9 Å². The first-order valence-electron chi connectivity index (χ1n) is 10.7. The molecule has 1 saturated heterocycles. The van der Waals surface area contributed by atoms with Crippen LogP contribution in [0.15, 0.2) is 23.0 Å². The van der Waals surface area contributed by atoms with E-state index in [4.69, 9.17) is 0 Å². The Morgan fingerprint density at radius 2 is 1.77 bits per heavy atom. The second kappa shape index (κ2) is 8.77. The summed E-state index contributed by atoms with van der Waals surface area (Å²) in [7, 11) is 0. The van der Waals surface area contributed by atoms with Gasteiger partial charge in [0.15, 0.2) is 0 Å². The molecule has 30 heavy (non-hydrogen) atoms. The highest BCUT2D eigenvalue weighted by molar-refractivity contribution is 6.02. The molecule has 1 aromatic heterocycles. The monoisotopic (exact) mass is 410 g/mol. The zero-order valence-electron chi connectivity index (χ0n) is 17.0. The van der Waals surface area contributed by atoms with E-state index in [1.165, 1.54) is 4.90 Å². The number of aromatic nitrogens is 2. The number of amides is 3. The molecule has 2 aliphatic rings. The summed E-state index contributed by atoms with van der Waals surface area (Å²) in [5.41, 5.74) is 0.954. The Morgan fingerprint density at radius 1 is 1.00 bits per heavy atom. The predicted molar refractivity (Wildman–Crippen MR) is 111 cm³/mol. The molecule has 3 amide bonds. The summed E-state index contributed by atoms with van der Waals surface area (Å²) in [6, 6.07) is 4.98. The minimum atomic E-state index is -0.260. The number of rotatable bonds is 5. The zero-order valence-corrected chi connectivity index (χ0v) is 17.0. The van der Waals surface area contributed by atoms with Gasteiger partial charge in [-0.15, -0.1) is 0 Å². The predicted octanol–water partition coefficient (Wildman–Crippen LogP) is 1.78. The lowest BCUT2D eigenvalue weighted by Gasteiger charge is -2.16. The van der Waals surface area contributed by atoms with Crippen LogP contribution in [-0.2, 0) is 22.6 Å². The molecular formula is C22H26N4O4. The molecule has 1 aromatic carbocycles. The van der Waals surface area contributed by atoms with Crippen molar-refractivity contribution >= 4 is 28.6 Å². The standard InChI is InChI=1S/C22H26N4O4/c27-19-9-10-20(28)26(19)13-5-11-23-21(29)15-7-8-16-17(14-15)24-18-6-3-1-2-4-12-25(18)22(16)30/h7-8,14H,1-6,9-13H2,(H,23,29). The number of likely N-dealkylation sites (tertiary alicyclic amines) is 1. The van der Waals surface area contributed by atoms with Crippen LogP contribution in [0.25, 0.3) is 10.9 Å². The van der Waals surface area contributed by atoms with Gasteiger partial charge in [0, 0.05) is 44.5 Å². The fraction of sp³-hybridized carbons (Fsp3) is 0.500. The first kappa shape index (κ1) is 20.3. The molecule has 0 saturated carbocycles. The Balaban J connectivity index is 1.44. The van der Waals surface area contributed by atoms with Gasteiger partial charge in [0.05, 0.1) is 10.9 Å². The highest BCUT2D eigenvalue weighted by Gasteiger charge is 2.28. The van der Waals surface area contributed by atoms with Crippen molar-refractivity contribution < 1.29 is 14.4 Å². The molecule has 4 rings (SSSR count). The molecule has 0 aliphatic carbocycles. The number of benzene rings is 1. The molecule has 8 nitrogen and oxygen atoms in total. The van der Waals surface area contributed by atoms with Crippen LogP contribution < -0.4 is 10.9 Å². The van der Waals surface area contributed by atoms with Crippen LogP contribution in [0.1, 0.15) is 61.1 Å². The SMILES string of the molecule is O=C(NCCCN1C(=O)CCC1=O)c1ccc2c(=O)n3c(nc2c1)CCCCCC3. The van der Waals surface area contributed by atoms with Gasteiger partial charge in [-0.25, -0.2) is 4.98 Å². The summed E-state index contributed by atoms with van der Waals surface area (Å²) < 4.78 is 1.78. The second-order valence-electron chi connectivity index (χ2n) is 7.93. The van der Waals surface area contributed by atoms with Crippen LogP contribution in [0.3, 0.4) is 0 Å². The molecule has 2 aromatic rings. The largest absolute Gasteiger partial charge is 0.352 e. The summed E-state index contributed by atoms with van der Waals surface area (Å²) in [5.74, 6) is 0.246. The lowest BCUT2D eigenvalue weighted by molar-refractivity contribution is -0.138. The van der Waals surface area contributed by atoms with Gasteiger partial charge in [-0.3, -0.25) is 28.6 Å². The fourth-order valence-corrected chi connectivity index (χ4v) is 4.15. The summed E-state index contributed by atoms with van der Waals surface area (Å²) in [4.78, 5) is 54.6. The van der Waals surface area contributed by atoms with E-state index in [2.05, 4.69) is 10.3 Å². The van der Waals surface area contributed by atoms with Crippen molar-refractivity contribution in [2.75, 3.05) is 13.1 Å². The summed E-state index contributed by atoms with van der Waals surface area (Å²) in [5, 5.41) is 3.34. The van der Waals surface area contributed by atoms with E-state index in [0.717, 1.165) is 37.9 Å². The van der Waals surface area contributed by atoms with Crippen molar-refractivity contribution in [1.82, 2.24) is 19.8 Å².